The molecule has 0 spiro atoms. The second kappa shape index (κ2) is 8.22. The van der Waals surface area contributed by atoms with Gasteiger partial charge in [-0.3, -0.25) is 4.79 Å². The quantitative estimate of drug-likeness (QED) is 0.838. The summed E-state index contributed by atoms with van der Waals surface area (Å²) < 4.78 is 39.8. The summed E-state index contributed by atoms with van der Waals surface area (Å²) in [6.07, 6.45) is -0.864. The van der Waals surface area contributed by atoms with E-state index in [1.165, 1.54) is 12.3 Å². The van der Waals surface area contributed by atoms with E-state index in [-0.39, 0.29) is 42.0 Å². The lowest BCUT2D eigenvalue weighted by Crippen LogP contribution is -2.45. The Balaban J connectivity index is 0.00000261. The van der Waals surface area contributed by atoms with Crippen LogP contribution in [-0.4, -0.2) is 48.5 Å². The SMILES string of the molecule is CC1(CN)CCN(C(=O)C2CCCN(c3ncccc3C(F)(F)F)C2)C1.Cl. The highest BCUT2D eigenvalue weighted by atomic mass is 35.5. The van der Waals surface area contributed by atoms with E-state index in [1.807, 2.05) is 4.90 Å². The maximum Gasteiger partial charge on any atom is 0.419 e. The summed E-state index contributed by atoms with van der Waals surface area (Å²) in [5, 5.41) is 0. The Morgan fingerprint density at radius 2 is 2.15 bits per heavy atom. The Kier molecular flexibility index (Phi) is 6.63. The Morgan fingerprint density at radius 3 is 2.78 bits per heavy atom. The van der Waals surface area contributed by atoms with E-state index in [1.54, 1.807) is 4.90 Å². The summed E-state index contributed by atoms with van der Waals surface area (Å²) in [7, 11) is 0. The molecule has 1 aromatic rings. The van der Waals surface area contributed by atoms with Crippen LogP contribution in [-0.2, 0) is 11.0 Å². The van der Waals surface area contributed by atoms with Gasteiger partial charge in [0.25, 0.3) is 0 Å². The third kappa shape index (κ3) is 4.66. The monoisotopic (exact) mass is 406 g/mol. The highest BCUT2D eigenvalue weighted by Gasteiger charge is 2.40. The van der Waals surface area contributed by atoms with Crippen molar-refractivity contribution in [1.82, 2.24) is 9.88 Å². The average Bonchev–Trinajstić information content (AvgIpc) is 3.03. The molecule has 2 atom stereocenters. The van der Waals surface area contributed by atoms with Crippen molar-refractivity contribution >= 4 is 24.1 Å². The van der Waals surface area contributed by atoms with Crippen LogP contribution in [0.25, 0.3) is 0 Å². The minimum Gasteiger partial charge on any atom is -0.355 e. The number of pyridine rings is 1. The highest BCUT2D eigenvalue weighted by Crippen LogP contribution is 2.37. The van der Waals surface area contributed by atoms with Gasteiger partial charge in [0, 0.05) is 32.4 Å². The van der Waals surface area contributed by atoms with Gasteiger partial charge in [0.1, 0.15) is 5.82 Å². The molecule has 27 heavy (non-hydrogen) atoms. The number of anilines is 1. The minimum absolute atomic E-state index is 0. The number of hydrogen-bond donors (Lipinski definition) is 1. The molecule has 3 heterocycles. The van der Waals surface area contributed by atoms with Gasteiger partial charge in [-0.05, 0) is 43.4 Å². The van der Waals surface area contributed by atoms with E-state index in [2.05, 4.69) is 11.9 Å². The van der Waals surface area contributed by atoms with Crippen LogP contribution in [0.1, 0.15) is 31.7 Å². The molecular formula is C18H26ClF3N4O. The van der Waals surface area contributed by atoms with Crippen molar-refractivity contribution in [3.63, 3.8) is 0 Å². The number of carbonyl (C=O) groups is 1. The molecule has 0 aliphatic carbocycles. The lowest BCUT2D eigenvalue weighted by molar-refractivity contribution is -0.137. The summed E-state index contributed by atoms with van der Waals surface area (Å²) in [5.74, 6) is -0.353. The average molecular weight is 407 g/mol. The van der Waals surface area contributed by atoms with E-state index < -0.39 is 11.7 Å². The fraction of sp³-hybridized carbons (Fsp3) is 0.667. The summed E-state index contributed by atoms with van der Waals surface area (Å²) in [6, 6.07) is 2.33. The Labute approximate surface area is 163 Å². The second-order valence-corrected chi connectivity index (χ2v) is 7.68. The predicted molar refractivity (Wildman–Crippen MR) is 99.8 cm³/mol. The minimum atomic E-state index is -4.46. The predicted octanol–water partition coefficient (Wildman–Crippen LogP) is 2.94. The summed E-state index contributed by atoms with van der Waals surface area (Å²) in [6.45, 7) is 4.63. The van der Waals surface area contributed by atoms with Crippen molar-refractivity contribution in [2.75, 3.05) is 37.6 Å². The molecule has 1 amide bonds. The third-order valence-electron chi connectivity index (χ3n) is 5.52. The maximum absolute atomic E-state index is 13.3. The molecule has 5 nitrogen and oxygen atoms in total. The van der Waals surface area contributed by atoms with Crippen molar-refractivity contribution in [2.45, 2.75) is 32.4 Å². The van der Waals surface area contributed by atoms with Gasteiger partial charge >= 0.3 is 6.18 Å². The van der Waals surface area contributed by atoms with Crippen LogP contribution in [0.15, 0.2) is 18.3 Å². The van der Waals surface area contributed by atoms with Gasteiger partial charge in [-0.2, -0.15) is 13.2 Å². The number of likely N-dealkylation sites (tertiary alicyclic amines) is 1. The van der Waals surface area contributed by atoms with E-state index in [0.29, 0.717) is 39.0 Å². The first-order valence-electron chi connectivity index (χ1n) is 8.99. The number of nitrogens with two attached hydrogens (primary N) is 1. The summed E-state index contributed by atoms with van der Waals surface area (Å²) >= 11 is 0. The lowest BCUT2D eigenvalue weighted by atomic mass is 9.90. The fourth-order valence-electron chi connectivity index (χ4n) is 3.88. The van der Waals surface area contributed by atoms with Gasteiger partial charge < -0.3 is 15.5 Å². The van der Waals surface area contributed by atoms with Crippen LogP contribution < -0.4 is 10.6 Å². The molecule has 152 valence electrons. The van der Waals surface area contributed by atoms with Gasteiger partial charge in [0.15, 0.2) is 0 Å². The molecular weight excluding hydrogens is 381 g/mol. The number of hydrogen-bond acceptors (Lipinski definition) is 4. The van der Waals surface area contributed by atoms with Crippen LogP contribution in [0.3, 0.4) is 0 Å². The molecule has 0 radical (unpaired) electrons. The zero-order valence-electron chi connectivity index (χ0n) is 15.3. The van der Waals surface area contributed by atoms with E-state index in [9.17, 15) is 18.0 Å². The van der Waals surface area contributed by atoms with Crippen molar-refractivity contribution in [2.24, 2.45) is 17.1 Å². The van der Waals surface area contributed by atoms with E-state index in [0.717, 1.165) is 12.5 Å². The lowest BCUT2D eigenvalue weighted by Gasteiger charge is -2.36. The number of nitrogens with zero attached hydrogens (tertiary/aromatic N) is 3. The zero-order valence-corrected chi connectivity index (χ0v) is 16.2. The van der Waals surface area contributed by atoms with Gasteiger partial charge in [-0.25, -0.2) is 4.98 Å². The van der Waals surface area contributed by atoms with Crippen molar-refractivity contribution in [1.29, 1.82) is 0 Å². The normalized spacial score (nSPS) is 26.0. The van der Waals surface area contributed by atoms with Crippen LogP contribution in [0.2, 0.25) is 0 Å². The fourth-order valence-corrected chi connectivity index (χ4v) is 3.88. The molecule has 2 aliphatic heterocycles. The van der Waals surface area contributed by atoms with Gasteiger partial charge in [-0.15, -0.1) is 12.4 Å². The summed E-state index contributed by atoms with van der Waals surface area (Å²) in [5.41, 5.74) is 5.00. The Hall–Kier alpha value is -1.54. The first-order valence-corrected chi connectivity index (χ1v) is 8.99. The van der Waals surface area contributed by atoms with E-state index in [4.69, 9.17) is 5.73 Å². The number of rotatable bonds is 3. The molecule has 2 saturated heterocycles. The molecule has 2 N–H and O–H groups in total. The van der Waals surface area contributed by atoms with Crippen LogP contribution >= 0.6 is 12.4 Å². The number of alkyl halides is 3. The first-order chi connectivity index (χ1) is 12.2. The molecule has 0 aromatic carbocycles. The zero-order chi connectivity index (χ0) is 18.9. The highest BCUT2D eigenvalue weighted by molar-refractivity contribution is 5.85. The molecule has 0 bridgehead atoms. The van der Waals surface area contributed by atoms with Crippen molar-refractivity contribution < 1.29 is 18.0 Å². The Bertz CT molecular complexity index is 672. The van der Waals surface area contributed by atoms with Crippen LogP contribution in [0.4, 0.5) is 19.0 Å². The molecule has 1 aromatic heterocycles. The van der Waals surface area contributed by atoms with Crippen molar-refractivity contribution in [3.8, 4) is 0 Å². The molecule has 0 saturated carbocycles. The van der Waals surface area contributed by atoms with Crippen molar-refractivity contribution in [3.05, 3.63) is 23.9 Å². The number of piperidine rings is 1. The summed E-state index contributed by atoms with van der Waals surface area (Å²) in [4.78, 5) is 20.3. The third-order valence-corrected chi connectivity index (χ3v) is 5.52. The molecule has 3 rings (SSSR count). The number of carbonyl (C=O) groups excluding carboxylic acids is 1. The first kappa shape index (κ1) is 21.8. The number of halogens is 4. The van der Waals surface area contributed by atoms with E-state index >= 15 is 0 Å². The van der Waals surface area contributed by atoms with Crippen LogP contribution in [0.5, 0.6) is 0 Å². The number of aromatic nitrogens is 1. The molecule has 2 aliphatic rings. The second-order valence-electron chi connectivity index (χ2n) is 7.68. The topological polar surface area (TPSA) is 62.5 Å². The largest absolute Gasteiger partial charge is 0.419 e. The van der Waals surface area contributed by atoms with Crippen LogP contribution in [0, 0.1) is 11.3 Å². The van der Waals surface area contributed by atoms with Gasteiger partial charge in [-0.1, -0.05) is 6.92 Å². The van der Waals surface area contributed by atoms with Gasteiger partial charge in [0.05, 0.1) is 11.5 Å². The number of amides is 1. The Morgan fingerprint density at radius 1 is 1.41 bits per heavy atom. The molecule has 2 fully saturated rings. The molecule has 2 unspecified atom stereocenters. The standard InChI is InChI=1S/C18H25F3N4O.ClH/c1-17(11-22)6-9-25(12-17)16(26)13-4-3-8-24(10-13)15-14(18(19,20)21)5-2-7-23-15;/h2,5,7,13H,3-4,6,8-12,22H2,1H3;1H. The van der Waals surface area contributed by atoms with Gasteiger partial charge in [0.2, 0.25) is 5.91 Å². The maximum atomic E-state index is 13.3. The molecule has 9 heteroatoms. The smallest absolute Gasteiger partial charge is 0.355 e.